The van der Waals surface area contributed by atoms with Gasteiger partial charge in [0.25, 0.3) is 5.91 Å². The van der Waals surface area contributed by atoms with Crippen molar-refractivity contribution in [2.75, 3.05) is 52.2 Å². The number of anilines is 1. The highest BCUT2D eigenvalue weighted by Crippen LogP contribution is 2.13. The molecule has 5 heteroatoms. The van der Waals surface area contributed by atoms with Crippen LogP contribution in [0.2, 0.25) is 0 Å². The Morgan fingerprint density at radius 1 is 1.26 bits per heavy atom. The van der Waals surface area contributed by atoms with Crippen molar-refractivity contribution in [3.05, 3.63) is 23.9 Å². The van der Waals surface area contributed by atoms with Gasteiger partial charge in [-0.25, -0.2) is 4.98 Å². The van der Waals surface area contributed by atoms with Gasteiger partial charge < -0.3 is 14.7 Å². The molecule has 19 heavy (non-hydrogen) atoms. The first-order valence-corrected chi connectivity index (χ1v) is 6.69. The number of carbonyl (C=O) groups is 1. The van der Waals surface area contributed by atoms with Crippen molar-refractivity contribution in [1.82, 2.24) is 14.8 Å². The van der Waals surface area contributed by atoms with Gasteiger partial charge in [0.15, 0.2) is 0 Å². The van der Waals surface area contributed by atoms with E-state index < -0.39 is 0 Å². The summed E-state index contributed by atoms with van der Waals surface area (Å²) in [7, 11) is 5.96. The molecule has 1 fully saturated rings. The number of hydrogen-bond acceptors (Lipinski definition) is 4. The minimum atomic E-state index is 0.112. The van der Waals surface area contributed by atoms with E-state index in [0.29, 0.717) is 0 Å². The first-order valence-electron chi connectivity index (χ1n) is 6.69. The van der Waals surface area contributed by atoms with Gasteiger partial charge in [-0.05, 0) is 32.1 Å². The lowest BCUT2D eigenvalue weighted by molar-refractivity contribution is 0.0762. The molecule has 2 heterocycles. The Bertz CT molecular complexity index is 447. The summed E-state index contributed by atoms with van der Waals surface area (Å²) in [6, 6.07) is 3.65. The maximum absolute atomic E-state index is 12.5. The van der Waals surface area contributed by atoms with Gasteiger partial charge in [-0.1, -0.05) is 0 Å². The number of hydrogen-bond donors (Lipinski definition) is 0. The zero-order valence-electron chi connectivity index (χ0n) is 12.0. The molecule has 1 aliphatic rings. The lowest BCUT2D eigenvalue weighted by atomic mass is 10.2. The molecule has 0 bridgehead atoms. The van der Waals surface area contributed by atoms with Crippen molar-refractivity contribution in [3.8, 4) is 0 Å². The van der Waals surface area contributed by atoms with Crippen LogP contribution in [0, 0.1) is 0 Å². The van der Waals surface area contributed by atoms with Gasteiger partial charge in [0, 0.05) is 45.5 Å². The Balaban J connectivity index is 2.12. The molecule has 1 aromatic rings. The zero-order chi connectivity index (χ0) is 13.8. The topological polar surface area (TPSA) is 39.7 Å². The smallest absolute Gasteiger partial charge is 0.254 e. The molecule has 0 aromatic carbocycles. The summed E-state index contributed by atoms with van der Waals surface area (Å²) in [4.78, 5) is 22.9. The van der Waals surface area contributed by atoms with Gasteiger partial charge in [0.1, 0.15) is 5.82 Å². The molecule has 1 aromatic heterocycles. The van der Waals surface area contributed by atoms with Crippen molar-refractivity contribution in [1.29, 1.82) is 0 Å². The fourth-order valence-electron chi connectivity index (χ4n) is 2.23. The number of nitrogens with zero attached hydrogens (tertiary/aromatic N) is 4. The Hall–Kier alpha value is -1.62. The molecule has 1 aliphatic heterocycles. The average Bonchev–Trinajstić information content (AvgIpc) is 2.63. The Kier molecular flexibility index (Phi) is 4.37. The van der Waals surface area contributed by atoms with Crippen molar-refractivity contribution in [2.45, 2.75) is 6.42 Å². The molecule has 1 amide bonds. The van der Waals surface area contributed by atoms with E-state index in [1.807, 2.05) is 30.0 Å². The fourth-order valence-corrected chi connectivity index (χ4v) is 2.23. The van der Waals surface area contributed by atoms with Crippen LogP contribution in [0.25, 0.3) is 0 Å². The lowest BCUT2D eigenvalue weighted by Crippen LogP contribution is -2.34. The molecule has 0 unspecified atom stereocenters. The number of likely N-dealkylation sites (N-methyl/N-ethyl adjacent to an activating group) is 1. The summed E-state index contributed by atoms with van der Waals surface area (Å²) in [6.45, 7) is 3.64. The Morgan fingerprint density at radius 3 is 2.79 bits per heavy atom. The van der Waals surface area contributed by atoms with E-state index in [1.165, 1.54) is 0 Å². The van der Waals surface area contributed by atoms with Crippen molar-refractivity contribution in [2.24, 2.45) is 0 Å². The van der Waals surface area contributed by atoms with E-state index in [0.717, 1.165) is 44.0 Å². The SMILES string of the molecule is CN1CCCN(C(=O)c2ccnc(N(C)C)c2)CC1. The minimum absolute atomic E-state index is 0.112. The Labute approximate surface area is 114 Å². The first kappa shape index (κ1) is 13.8. The lowest BCUT2D eigenvalue weighted by Gasteiger charge is -2.21. The summed E-state index contributed by atoms with van der Waals surface area (Å²) in [6.07, 6.45) is 2.74. The van der Waals surface area contributed by atoms with Crippen LogP contribution in [0.3, 0.4) is 0 Å². The van der Waals surface area contributed by atoms with Gasteiger partial charge in [0.05, 0.1) is 0 Å². The summed E-state index contributed by atoms with van der Waals surface area (Å²) in [5.74, 6) is 0.929. The molecule has 2 rings (SSSR count). The predicted molar refractivity (Wildman–Crippen MR) is 76.6 cm³/mol. The molecule has 5 nitrogen and oxygen atoms in total. The third-order valence-corrected chi connectivity index (χ3v) is 3.46. The summed E-state index contributed by atoms with van der Waals surface area (Å²) >= 11 is 0. The van der Waals surface area contributed by atoms with Crippen LogP contribution in [-0.4, -0.2) is 68.0 Å². The van der Waals surface area contributed by atoms with E-state index in [9.17, 15) is 4.79 Å². The maximum atomic E-state index is 12.5. The molecule has 0 radical (unpaired) electrons. The van der Waals surface area contributed by atoms with Crippen LogP contribution in [0.15, 0.2) is 18.3 Å². The van der Waals surface area contributed by atoms with E-state index in [1.54, 1.807) is 12.3 Å². The minimum Gasteiger partial charge on any atom is -0.363 e. The third kappa shape index (κ3) is 3.44. The quantitative estimate of drug-likeness (QED) is 0.795. The molecule has 104 valence electrons. The number of rotatable bonds is 2. The number of aromatic nitrogens is 1. The summed E-state index contributed by atoms with van der Waals surface area (Å²) in [5.41, 5.74) is 0.725. The van der Waals surface area contributed by atoms with Crippen LogP contribution in [0.1, 0.15) is 16.8 Å². The highest BCUT2D eigenvalue weighted by molar-refractivity contribution is 5.94. The molecule has 1 saturated heterocycles. The fraction of sp³-hybridized carbons (Fsp3) is 0.571. The van der Waals surface area contributed by atoms with Gasteiger partial charge in [-0.3, -0.25) is 4.79 Å². The highest BCUT2D eigenvalue weighted by atomic mass is 16.2. The normalized spacial score (nSPS) is 17.1. The van der Waals surface area contributed by atoms with E-state index in [-0.39, 0.29) is 5.91 Å². The largest absolute Gasteiger partial charge is 0.363 e. The van der Waals surface area contributed by atoms with Gasteiger partial charge in [0.2, 0.25) is 0 Å². The molecule has 0 atom stereocenters. The molecule has 0 aliphatic carbocycles. The standard InChI is InChI=1S/C14H22N4O/c1-16(2)13-11-12(5-6-15-13)14(19)18-8-4-7-17(3)9-10-18/h5-6,11H,4,7-10H2,1-3H3. The van der Waals surface area contributed by atoms with Crippen LogP contribution in [0.5, 0.6) is 0 Å². The zero-order valence-corrected chi connectivity index (χ0v) is 12.0. The second-order valence-electron chi connectivity index (χ2n) is 5.25. The van der Waals surface area contributed by atoms with Gasteiger partial charge in [-0.2, -0.15) is 0 Å². The van der Waals surface area contributed by atoms with Crippen molar-refractivity contribution < 1.29 is 4.79 Å². The van der Waals surface area contributed by atoms with E-state index in [2.05, 4.69) is 16.9 Å². The van der Waals surface area contributed by atoms with Crippen molar-refractivity contribution >= 4 is 11.7 Å². The van der Waals surface area contributed by atoms with Crippen molar-refractivity contribution in [3.63, 3.8) is 0 Å². The monoisotopic (exact) mass is 262 g/mol. The molecule has 0 N–H and O–H groups in total. The predicted octanol–water partition coefficient (Wildman–Crippen LogP) is 0.925. The second-order valence-corrected chi connectivity index (χ2v) is 5.25. The number of amides is 1. The number of pyridine rings is 1. The van der Waals surface area contributed by atoms with E-state index in [4.69, 9.17) is 0 Å². The van der Waals surface area contributed by atoms with Crippen LogP contribution in [-0.2, 0) is 0 Å². The second kappa shape index (κ2) is 6.02. The molecular formula is C14H22N4O. The molecule has 0 saturated carbocycles. The van der Waals surface area contributed by atoms with Crippen LogP contribution < -0.4 is 4.90 Å². The average molecular weight is 262 g/mol. The van der Waals surface area contributed by atoms with Crippen LogP contribution in [0.4, 0.5) is 5.82 Å². The number of carbonyl (C=O) groups excluding carboxylic acids is 1. The molecular weight excluding hydrogens is 240 g/mol. The van der Waals surface area contributed by atoms with Gasteiger partial charge in [-0.15, -0.1) is 0 Å². The van der Waals surface area contributed by atoms with Crippen LogP contribution >= 0.6 is 0 Å². The molecule has 0 spiro atoms. The van der Waals surface area contributed by atoms with E-state index >= 15 is 0 Å². The summed E-state index contributed by atoms with van der Waals surface area (Å²) in [5, 5.41) is 0. The van der Waals surface area contributed by atoms with Gasteiger partial charge >= 0.3 is 0 Å². The maximum Gasteiger partial charge on any atom is 0.254 e. The Morgan fingerprint density at radius 2 is 2.05 bits per heavy atom. The third-order valence-electron chi connectivity index (χ3n) is 3.46. The first-order chi connectivity index (χ1) is 9.08. The summed E-state index contributed by atoms with van der Waals surface area (Å²) < 4.78 is 0. The highest BCUT2D eigenvalue weighted by Gasteiger charge is 2.19.